The summed E-state index contributed by atoms with van der Waals surface area (Å²) in [6.45, 7) is 3.64. The molecule has 1 N–H and O–H groups in total. The van der Waals surface area contributed by atoms with Crippen LogP contribution in [0.15, 0.2) is 18.2 Å². The van der Waals surface area contributed by atoms with E-state index in [4.69, 9.17) is 14.6 Å². The molecule has 3 rings (SSSR count). The molecule has 2 aliphatic heterocycles. The van der Waals surface area contributed by atoms with E-state index in [1.165, 1.54) is 5.69 Å². The molecule has 0 bridgehead atoms. The standard InChI is InChI=1S/C14H19NO3/c16-6-4-11-3-5-15(10-11)12-1-2-13-14(9-12)18-8-7-17-13/h1-2,9,11,16H,3-8,10H2. The first-order valence-corrected chi connectivity index (χ1v) is 6.62. The minimum atomic E-state index is 0.291. The Labute approximate surface area is 107 Å². The molecule has 0 aromatic heterocycles. The monoisotopic (exact) mass is 249 g/mol. The molecule has 1 aromatic carbocycles. The highest BCUT2D eigenvalue weighted by Gasteiger charge is 2.23. The lowest BCUT2D eigenvalue weighted by atomic mass is 10.1. The average Bonchev–Trinajstić information content (AvgIpc) is 2.87. The first-order chi connectivity index (χ1) is 8.86. The Morgan fingerprint density at radius 3 is 2.89 bits per heavy atom. The van der Waals surface area contributed by atoms with Gasteiger partial charge in [0.2, 0.25) is 0 Å². The van der Waals surface area contributed by atoms with E-state index in [0.717, 1.165) is 37.4 Å². The van der Waals surface area contributed by atoms with Crippen molar-refractivity contribution in [1.29, 1.82) is 0 Å². The van der Waals surface area contributed by atoms with Crippen molar-refractivity contribution in [1.82, 2.24) is 0 Å². The van der Waals surface area contributed by atoms with Gasteiger partial charge in [-0.15, -0.1) is 0 Å². The second kappa shape index (κ2) is 5.06. The largest absolute Gasteiger partial charge is 0.486 e. The molecule has 0 spiro atoms. The maximum atomic E-state index is 8.99. The number of ether oxygens (including phenoxy) is 2. The van der Waals surface area contributed by atoms with Crippen molar-refractivity contribution in [2.75, 3.05) is 37.8 Å². The summed E-state index contributed by atoms with van der Waals surface area (Å²) in [5.41, 5.74) is 1.19. The molecule has 0 aliphatic carbocycles. The van der Waals surface area contributed by atoms with Crippen molar-refractivity contribution in [3.05, 3.63) is 18.2 Å². The summed E-state index contributed by atoms with van der Waals surface area (Å²) in [6, 6.07) is 6.15. The average molecular weight is 249 g/mol. The summed E-state index contributed by atoms with van der Waals surface area (Å²) in [5, 5.41) is 8.99. The number of hydrogen-bond donors (Lipinski definition) is 1. The lowest BCUT2D eigenvalue weighted by Crippen LogP contribution is -2.21. The van der Waals surface area contributed by atoms with Crippen LogP contribution in [0.2, 0.25) is 0 Å². The Hall–Kier alpha value is -1.42. The zero-order chi connectivity index (χ0) is 12.4. The lowest BCUT2D eigenvalue weighted by Gasteiger charge is -2.23. The highest BCUT2D eigenvalue weighted by atomic mass is 16.6. The molecule has 98 valence electrons. The maximum Gasteiger partial charge on any atom is 0.163 e. The van der Waals surface area contributed by atoms with E-state index < -0.39 is 0 Å². The number of fused-ring (bicyclic) bond motifs is 1. The quantitative estimate of drug-likeness (QED) is 0.884. The predicted octanol–water partition coefficient (Wildman–Crippen LogP) is 1.67. The number of benzene rings is 1. The van der Waals surface area contributed by atoms with E-state index in [1.54, 1.807) is 0 Å². The van der Waals surface area contributed by atoms with E-state index in [9.17, 15) is 0 Å². The van der Waals surface area contributed by atoms with Gasteiger partial charge in [-0.3, -0.25) is 0 Å². The zero-order valence-electron chi connectivity index (χ0n) is 10.5. The summed E-state index contributed by atoms with van der Waals surface area (Å²) in [7, 11) is 0. The first-order valence-electron chi connectivity index (χ1n) is 6.62. The van der Waals surface area contributed by atoms with Gasteiger partial charge in [0.05, 0.1) is 0 Å². The van der Waals surface area contributed by atoms with Crippen LogP contribution in [0, 0.1) is 5.92 Å². The normalized spacial score (nSPS) is 22.3. The van der Waals surface area contributed by atoms with Gasteiger partial charge in [0.25, 0.3) is 0 Å². The van der Waals surface area contributed by atoms with Crippen molar-refractivity contribution in [3.8, 4) is 11.5 Å². The van der Waals surface area contributed by atoms with Crippen molar-refractivity contribution in [2.45, 2.75) is 12.8 Å². The molecule has 2 heterocycles. The Morgan fingerprint density at radius 2 is 2.06 bits per heavy atom. The molecule has 0 amide bonds. The predicted molar refractivity (Wildman–Crippen MR) is 69.5 cm³/mol. The minimum absolute atomic E-state index is 0.291. The summed E-state index contributed by atoms with van der Waals surface area (Å²) in [5.74, 6) is 2.31. The Bertz CT molecular complexity index is 422. The second-order valence-electron chi connectivity index (χ2n) is 4.94. The third kappa shape index (κ3) is 2.25. The Balaban J connectivity index is 1.73. The van der Waals surface area contributed by atoms with E-state index in [1.807, 2.05) is 6.07 Å². The summed E-state index contributed by atoms with van der Waals surface area (Å²) in [6.07, 6.45) is 2.07. The summed E-state index contributed by atoms with van der Waals surface area (Å²) < 4.78 is 11.1. The lowest BCUT2D eigenvalue weighted by molar-refractivity contribution is 0.171. The fraction of sp³-hybridized carbons (Fsp3) is 0.571. The van der Waals surface area contributed by atoms with Gasteiger partial charge >= 0.3 is 0 Å². The van der Waals surface area contributed by atoms with Gasteiger partial charge in [-0.25, -0.2) is 0 Å². The van der Waals surface area contributed by atoms with E-state index in [0.29, 0.717) is 25.7 Å². The van der Waals surface area contributed by atoms with E-state index >= 15 is 0 Å². The highest BCUT2D eigenvalue weighted by molar-refractivity contribution is 5.57. The topological polar surface area (TPSA) is 41.9 Å². The second-order valence-corrected chi connectivity index (χ2v) is 4.94. The molecule has 4 nitrogen and oxygen atoms in total. The van der Waals surface area contributed by atoms with Gasteiger partial charge in [0.1, 0.15) is 13.2 Å². The first kappa shape index (κ1) is 11.7. The van der Waals surface area contributed by atoms with Gasteiger partial charge in [-0.05, 0) is 30.9 Å². The Morgan fingerprint density at radius 1 is 1.22 bits per heavy atom. The maximum absolute atomic E-state index is 8.99. The molecular weight excluding hydrogens is 230 g/mol. The smallest absolute Gasteiger partial charge is 0.163 e. The highest BCUT2D eigenvalue weighted by Crippen LogP contribution is 2.35. The zero-order valence-corrected chi connectivity index (χ0v) is 10.5. The Kier molecular flexibility index (Phi) is 3.28. The molecule has 18 heavy (non-hydrogen) atoms. The number of aliphatic hydroxyl groups excluding tert-OH is 1. The molecule has 1 fully saturated rings. The van der Waals surface area contributed by atoms with Crippen molar-refractivity contribution in [2.24, 2.45) is 5.92 Å². The molecule has 0 saturated carbocycles. The van der Waals surface area contributed by atoms with E-state index in [-0.39, 0.29) is 0 Å². The van der Waals surface area contributed by atoms with Crippen molar-refractivity contribution >= 4 is 5.69 Å². The fourth-order valence-corrected chi connectivity index (χ4v) is 2.71. The fourth-order valence-electron chi connectivity index (χ4n) is 2.71. The van der Waals surface area contributed by atoms with Crippen LogP contribution >= 0.6 is 0 Å². The molecular formula is C14H19NO3. The van der Waals surface area contributed by atoms with Crippen LogP contribution in [-0.2, 0) is 0 Å². The van der Waals surface area contributed by atoms with E-state index in [2.05, 4.69) is 17.0 Å². The van der Waals surface area contributed by atoms with Crippen LogP contribution in [0.25, 0.3) is 0 Å². The van der Waals surface area contributed by atoms with Crippen LogP contribution in [-0.4, -0.2) is 38.0 Å². The van der Waals surface area contributed by atoms with Crippen LogP contribution in [0.1, 0.15) is 12.8 Å². The molecule has 0 radical (unpaired) electrons. The molecule has 1 saturated heterocycles. The molecule has 1 aromatic rings. The molecule has 1 unspecified atom stereocenters. The summed E-state index contributed by atoms with van der Waals surface area (Å²) >= 11 is 0. The number of hydrogen-bond acceptors (Lipinski definition) is 4. The van der Waals surface area contributed by atoms with Crippen LogP contribution < -0.4 is 14.4 Å². The van der Waals surface area contributed by atoms with Crippen molar-refractivity contribution in [3.63, 3.8) is 0 Å². The van der Waals surface area contributed by atoms with Crippen LogP contribution in [0.3, 0.4) is 0 Å². The van der Waals surface area contributed by atoms with Crippen LogP contribution in [0.4, 0.5) is 5.69 Å². The molecule has 2 aliphatic rings. The number of nitrogens with zero attached hydrogens (tertiary/aromatic N) is 1. The number of rotatable bonds is 3. The number of anilines is 1. The van der Waals surface area contributed by atoms with Gasteiger partial charge in [0.15, 0.2) is 11.5 Å². The van der Waals surface area contributed by atoms with Gasteiger partial charge in [-0.1, -0.05) is 0 Å². The molecule has 4 heteroatoms. The van der Waals surface area contributed by atoms with Crippen molar-refractivity contribution < 1.29 is 14.6 Å². The third-order valence-electron chi connectivity index (χ3n) is 3.71. The van der Waals surface area contributed by atoms with Gasteiger partial charge < -0.3 is 19.5 Å². The number of aliphatic hydroxyl groups is 1. The minimum Gasteiger partial charge on any atom is -0.486 e. The third-order valence-corrected chi connectivity index (χ3v) is 3.71. The SMILES string of the molecule is OCCC1CCN(c2ccc3c(c2)OCCO3)C1. The van der Waals surface area contributed by atoms with Gasteiger partial charge in [0, 0.05) is 31.5 Å². The van der Waals surface area contributed by atoms with Crippen LogP contribution in [0.5, 0.6) is 11.5 Å². The molecule has 1 atom stereocenters. The van der Waals surface area contributed by atoms with Gasteiger partial charge in [-0.2, -0.15) is 0 Å². The summed E-state index contributed by atoms with van der Waals surface area (Å²) in [4.78, 5) is 2.36.